The van der Waals surface area contributed by atoms with Crippen molar-refractivity contribution in [1.82, 2.24) is 5.32 Å². The molecule has 0 spiro atoms. The van der Waals surface area contributed by atoms with Gasteiger partial charge in [0.1, 0.15) is 9.84 Å². The quantitative estimate of drug-likeness (QED) is 0.634. The van der Waals surface area contributed by atoms with Crippen LogP contribution in [0.4, 0.5) is 0 Å². The number of rotatable bonds is 5. The molecule has 0 unspecified atom stereocenters. The molecule has 0 saturated carbocycles. The van der Waals surface area contributed by atoms with Crippen LogP contribution in [-0.4, -0.2) is 45.7 Å². The molecule has 0 amide bonds. The predicted octanol–water partition coefficient (Wildman–Crippen LogP) is -0.200. The average molecular weight is 207 g/mol. The third-order valence-electron chi connectivity index (χ3n) is 2.11. The molecule has 0 aromatic carbocycles. The Morgan fingerprint density at radius 2 is 2.08 bits per heavy atom. The summed E-state index contributed by atoms with van der Waals surface area (Å²) in [7, 11) is -2.83. The smallest absolute Gasteiger partial charge is 0.147 e. The number of sulfone groups is 1. The fourth-order valence-corrected chi connectivity index (χ4v) is 1.86. The molecule has 1 saturated heterocycles. The summed E-state index contributed by atoms with van der Waals surface area (Å²) in [6, 6.07) is 0. The molecule has 1 rings (SSSR count). The third kappa shape index (κ3) is 4.06. The maximum Gasteiger partial charge on any atom is 0.147 e. The molecule has 0 bridgehead atoms. The van der Waals surface area contributed by atoms with E-state index in [1.807, 2.05) is 6.92 Å². The number of hydrogen-bond donors (Lipinski definition) is 1. The van der Waals surface area contributed by atoms with Crippen LogP contribution in [0.1, 0.15) is 13.3 Å². The van der Waals surface area contributed by atoms with Gasteiger partial charge < -0.3 is 10.1 Å². The van der Waals surface area contributed by atoms with Gasteiger partial charge in [-0.2, -0.15) is 0 Å². The molecule has 0 aromatic heterocycles. The van der Waals surface area contributed by atoms with E-state index < -0.39 is 9.84 Å². The molecule has 1 aliphatic rings. The van der Waals surface area contributed by atoms with E-state index in [1.165, 1.54) is 6.26 Å². The third-order valence-corrected chi connectivity index (χ3v) is 3.14. The van der Waals surface area contributed by atoms with Crippen LogP contribution < -0.4 is 5.32 Å². The van der Waals surface area contributed by atoms with Gasteiger partial charge in [-0.15, -0.1) is 0 Å². The monoisotopic (exact) mass is 207 g/mol. The Bertz CT molecular complexity index is 257. The second-order valence-corrected chi connectivity index (χ2v) is 6.15. The van der Waals surface area contributed by atoms with Crippen molar-refractivity contribution in [1.29, 1.82) is 0 Å². The van der Waals surface area contributed by atoms with Gasteiger partial charge in [-0.05, 0) is 13.3 Å². The van der Waals surface area contributed by atoms with Crippen LogP contribution in [-0.2, 0) is 14.6 Å². The van der Waals surface area contributed by atoms with E-state index in [1.54, 1.807) is 0 Å². The summed E-state index contributed by atoms with van der Waals surface area (Å²) in [6.45, 7) is 4.30. The van der Waals surface area contributed by atoms with E-state index in [0.717, 1.165) is 13.1 Å². The van der Waals surface area contributed by atoms with Gasteiger partial charge in [0.15, 0.2) is 0 Å². The van der Waals surface area contributed by atoms with E-state index in [-0.39, 0.29) is 11.4 Å². The normalized spacial score (nSPS) is 21.1. The molecular formula is C8H17NO3S. The Hall–Kier alpha value is -0.130. The molecule has 13 heavy (non-hydrogen) atoms. The first-order valence-electron chi connectivity index (χ1n) is 4.44. The molecule has 1 fully saturated rings. The number of ether oxygens (including phenoxy) is 1. The first-order valence-corrected chi connectivity index (χ1v) is 6.50. The first-order chi connectivity index (χ1) is 5.91. The number of hydrogen-bond acceptors (Lipinski definition) is 4. The van der Waals surface area contributed by atoms with Crippen molar-refractivity contribution >= 4 is 9.84 Å². The van der Waals surface area contributed by atoms with Gasteiger partial charge in [0.2, 0.25) is 0 Å². The van der Waals surface area contributed by atoms with Crippen LogP contribution in [0.2, 0.25) is 0 Å². The van der Waals surface area contributed by atoms with Gasteiger partial charge in [-0.1, -0.05) is 0 Å². The molecule has 0 radical (unpaired) electrons. The minimum atomic E-state index is -2.83. The topological polar surface area (TPSA) is 55.4 Å². The van der Waals surface area contributed by atoms with Gasteiger partial charge in [0, 0.05) is 26.0 Å². The van der Waals surface area contributed by atoms with Crippen molar-refractivity contribution < 1.29 is 13.2 Å². The van der Waals surface area contributed by atoms with Crippen LogP contribution in [0.15, 0.2) is 0 Å². The Morgan fingerprint density at radius 1 is 1.46 bits per heavy atom. The minimum absolute atomic E-state index is 0.0580. The largest absolute Gasteiger partial charge is 0.373 e. The number of nitrogens with one attached hydrogen (secondary N) is 1. The lowest BCUT2D eigenvalue weighted by Gasteiger charge is -2.39. The van der Waals surface area contributed by atoms with Crippen LogP contribution >= 0.6 is 0 Å². The van der Waals surface area contributed by atoms with E-state index >= 15 is 0 Å². The molecule has 4 nitrogen and oxygen atoms in total. The van der Waals surface area contributed by atoms with Gasteiger partial charge in [-0.3, -0.25) is 0 Å². The van der Waals surface area contributed by atoms with Crippen LogP contribution in [0, 0.1) is 0 Å². The zero-order valence-corrected chi connectivity index (χ0v) is 8.99. The van der Waals surface area contributed by atoms with Crippen molar-refractivity contribution in [3.63, 3.8) is 0 Å². The van der Waals surface area contributed by atoms with E-state index in [2.05, 4.69) is 5.32 Å². The fraction of sp³-hybridized carbons (Fsp3) is 1.00. The Labute approximate surface area is 79.6 Å². The second kappa shape index (κ2) is 3.94. The van der Waals surface area contributed by atoms with E-state index in [0.29, 0.717) is 13.0 Å². The van der Waals surface area contributed by atoms with Crippen molar-refractivity contribution in [2.24, 2.45) is 0 Å². The van der Waals surface area contributed by atoms with Gasteiger partial charge in [0.05, 0.1) is 11.4 Å². The Balaban J connectivity index is 2.08. The predicted molar refractivity (Wildman–Crippen MR) is 51.6 cm³/mol. The van der Waals surface area contributed by atoms with Crippen LogP contribution in [0.25, 0.3) is 0 Å². The summed E-state index contributed by atoms with van der Waals surface area (Å²) in [6.07, 6.45) is 1.84. The molecule has 0 aliphatic carbocycles. The summed E-state index contributed by atoms with van der Waals surface area (Å²) in [5, 5.41) is 3.12. The van der Waals surface area contributed by atoms with Crippen molar-refractivity contribution in [3.05, 3.63) is 0 Å². The summed E-state index contributed by atoms with van der Waals surface area (Å²) < 4.78 is 27.1. The lowest BCUT2D eigenvalue weighted by Crippen LogP contribution is -2.59. The van der Waals surface area contributed by atoms with Crippen molar-refractivity contribution in [3.8, 4) is 0 Å². The van der Waals surface area contributed by atoms with Gasteiger partial charge in [0.25, 0.3) is 0 Å². The summed E-state index contributed by atoms with van der Waals surface area (Å²) >= 11 is 0. The van der Waals surface area contributed by atoms with Crippen molar-refractivity contribution in [2.75, 3.05) is 31.7 Å². The fourth-order valence-electron chi connectivity index (χ4n) is 1.22. The average Bonchev–Trinajstić information content (AvgIpc) is 1.93. The second-order valence-electron chi connectivity index (χ2n) is 3.89. The molecule has 1 aliphatic heterocycles. The SMILES string of the molecule is CC1(OCCCS(C)(=O)=O)CNC1. The zero-order valence-electron chi connectivity index (χ0n) is 8.17. The Morgan fingerprint density at radius 3 is 2.46 bits per heavy atom. The molecule has 0 atom stereocenters. The molecule has 0 aromatic rings. The highest BCUT2D eigenvalue weighted by atomic mass is 32.2. The van der Waals surface area contributed by atoms with Gasteiger partial charge in [-0.25, -0.2) is 8.42 Å². The lowest BCUT2D eigenvalue weighted by atomic mass is 10.0. The maximum absolute atomic E-state index is 10.8. The summed E-state index contributed by atoms with van der Waals surface area (Å²) in [4.78, 5) is 0. The lowest BCUT2D eigenvalue weighted by molar-refractivity contribution is -0.0659. The van der Waals surface area contributed by atoms with Crippen LogP contribution in [0.3, 0.4) is 0 Å². The van der Waals surface area contributed by atoms with Crippen molar-refractivity contribution in [2.45, 2.75) is 18.9 Å². The van der Waals surface area contributed by atoms with Crippen LogP contribution in [0.5, 0.6) is 0 Å². The zero-order chi connectivity index (χ0) is 9.95. The minimum Gasteiger partial charge on any atom is -0.373 e. The molecular weight excluding hydrogens is 190 g/mol. The standard InChI is InChI=1S/C8H17NO3S/c1-8(6-9-7-8)12-4-3-5-13(2,10)11/h9H,3-7H2,1-2H3. The van der Waals surface area contributed by atoms with E-state index in [4.69, 9.17) is 4.74 Å². The highest BCUT2D eigenvalue weighted by molar-refractivity contribution is 7.90. The molecule has 78 valence electrons. The highest BCUT2D eigenvalue weighted by Crippen LogP contribution is 2.15. The first kappa shape index (κ1) is 10.9. The molecule has 1 N–H and O–H groups in total. The highest BCUT2D eigenvalue weighted by Gasteiger charge is 2.32. The summed E-state index contributed by atoms with van der Waals surface area (Å²) in [5.41, 5.74) is -0.0580. The summed E-state index contributed by atoms with van der Waals surface area (Å²) in [5.74, 6) is 0.219. The molecule has 5 heteroatoms. The van der Waals surface area contributed by atoms with Gasteiger partial charge >= 0.3 is 0 Å². The van der Waals surface area contributed by atoms with E-state index in [9.17, 15) is 8.42 Å². The molecule has 1 heterocycles. The Kier molecular flexibility index (Phi) is 3.32. The maximum atomic E-state index is 10.8.